The zero-order valence-corrected chi connectivity index (χ0v) is 16.2. The minimum Gasteiger partial charge on any atom is -0.426 e. The molecule has 13 heteroatoms. The molecule has 0 saturated carbocycles. The van der Waals surface area contributed by atoms with Crippen LogP contribution in [0.25, 0.3) is 0 Å². The van der Waals surface area contributed by atoms with Crippen LogP contribution in [-0.2, 0) is 20.4 Å². The molecule has 0 bridgehead atoms. The quantitative estimate of drug-likeness (QED) is 0.567. The van der Waals surface area contributed by atoms with Crippen molar-refractivity contribution in [3.8, 4) is 5.75 Å². The van der Waals surface area contributed by atoms with Gasteiger partial charge >= 0.3 is 14.3 Å². The summed E-state index contributed by atoms with van der Waals surface area (Å²) in [6.45, 7) is -1.59. The summed E-state index contributed by atoms with van der Waals surface area (Å²) in [6.07, 6.45) is -2.94. The van der Waals surface area contributed by atoms with Crippen LogP contribution in [0.2, 0.25) is 0 Å². The number of para-hydroxylation sites is 1. The van der Waals surface area contributed by atoms with Crippen molar-refractivity contribution in [1.29, 1.82) is 0 Å². The average molecular weight is 452 g/mol. The predicted molar refractivity (Wildman–Crippen MR) is 96.5 cm³/mol. The summed E-state index contributed by atoms with van der Waals surface area (Å²) >= 11 is 0. The SMILES string of the molecule is FCF.O=c1[nH]c(=O)n(C2CC(F)C(COP3OCc4ccccc4O3)O2)cc1F. The van der Waals surface area contributed by atoms with Gasteiger partial charge in [0, 0.05) is 12.0 Å². The molecule has 164 valence electrons. The third-order valence-electron chi connectivity index (χ3n) is 4.21. The molecule has 0 spiro atoms. The molecule has 1 saturated heterocycles. The van der Waals surface area contributed by atoms with Gasteiger partial charge in [-0.05, 0) is 6.07 Å². The van der Waals surface area contributed by atoms with Gasteiger partial charge in [-0.25, -0.2) is 18.0 Å². The van der Waals surface area contributed by atoms with Crippen LogP contribution in [0.4, 0.5) is 17.6 Å². The Hall–Kier alpha value is -2.27. The number of hydrogen-bond acceptors (Lipinski definition) is 6. The molecular formula is C17H17F4N2O6P. The van der Waals surface area contributed by atoms with Gasteiger partial charge in [-0.3, -0.25) is 23.4 Å². The smallest absolute Gasteiger partial charge is 0.397 e. The van der Waals surface area contributed by atoms with Crippen LogP contribution in [0.3, 0.4) is 0 Å². The van der Waals surface area contributed by atoms with E-state index in [-0.39, 0.29) is 13.0 Å². The molecule has 4 rings (SSSR count). The molecule has 0 aliphatic carbocycles. The number of benzene rings is 1. The van der Waals surface area contributed by atoms with E-state index in [0.29, 0.717) is 18.6 Å². The number of aromatic nitrogens is 2. The van der Waals surface area contributed by atoms with Crippen molar-refractivity contribution in [2.75, 3.05) is 13.5 Å². The number of nitrogens with one attached hydrogen (secondary N) is 1. The number of rotatable bonds is 4. The molecule has 3 heterocycles. The van der Waals surface area contributed by atoms with E-state index in [2.05, 4.69) is 0 Å². The highest BCUT2D eigenvalue weighted by Crippen LogP contribution is 2.47. The summed E-state index contributed by atoms with van der Waals surface area (Å²) in [5.41, 5.74) is -1.12. The van der Waals surface area contributed by atoms with Crippen LogP contribution in [0.1, 0.15) is 18.2 Å². The summed E-state index contributed by atoms with van der Waals surface area (Å²) in [6, 6.07) is 7.34. The second-order valence-corrected chi connectivity index (χ2v) is 7.26. The Bertz CT molecular complexity index is 974. The van der Waals surface area contributed by atoms with Crippen LogP contribution in [0.5, 0.6) is 5.75 Å². The minimum atomic E-state index is -1.75. The third kappa shape index (κ3) is 5.25. The molecule has 0 radical (unpaired) electrons. The van der Waals surface area contributed by atoms with E-state index in [1.165, 1.54) is 0 Å². The van der Waals surface area contributed by atoms with E-state index in [1.807, 2.05) is 23.2 Å². The summed E-state index contributed by atoms with van der Waals surface area (Å²) in [5, 5.41) is 0. The lowest BCUT2D eigenvalue weighted by Gasteiger charge is -2.24. The van der Waals surface area contributed by atoms with Crippen molar-refractivity contribution in [1.82, 2.24) is 9.55 Å². The zero-order chi connectivity index (χ0) is 21.7. The minimum absolute atomic E-state index is 0.161. The van der Waals surface area contributed by atoms with E-state index in [0.717, 1.165) is 10.1 Å². The van der Waals surface area contributed by atoms with Gasteiger partial charge in [0.1, 0.15) is 24.3 Å². The average Bonchev–Trinajstić information content (AvgIpc) is 3.10. The number of H-pyrrole nitrogens is 1. The van der Waals surface area contributed by atoms with Crippen molar-refractivity contribution in [2.45, 2.75) is 31.5 Å². The van der Waals surface area contributed by atoms with E-state index < -0.39 is 51.1 Å². The van der Waals surface area contributed by atoms with E-state index in [4.69, 9.17) is 18.3 Å². The Kier molecular flexibility index (Phi) is 7.59. The maximum Gasteiger partial charge on any atom is 0.397 e. The summed E-state index contributed by atoms with van der Waals surface area (Å²) in [4.78, 5) is 24.7. The zero-order valence-electron chi connectivity index (χ0n) is 15.3. The maximum atomic E-state index is 14.3. The lowest BCUT2D eigenvalue weighted by Crippen LogP contribution is -2.34. The van der Waals surface area contributed by atoms with Crippen molar-refractivity contribution in [3.05, 3.63) is 62.7 Å². The van der Waals surface area contributed by atoms with Crippen molar-refractivity contribution >= 4 is 8.60 Å². The first-order valence-corrected chi connectivity index (χ1v) is 9.76. The highest BCUT2D eigenvalue weighted by molar-refractivity contribution is 7.42. The second kappa shape index (κ2) is 10.2. The molecule has 30 heavy (non-hydrogen) atoms. The standard InChI is InChI=1S/C16H15F2N2O6P.CH2F2/c17-10-5-14(20-6-11(18)15(21)19-16(20)22)25-13(10)8-24-27-23-7-9-3-1-2-4-12(9)26-27;2-1-3/h1-4,6,10,13-14H,5,7-8H2,(H,19,21,22);1H2. The normalized spacial score (nSPS) is 25.1. The van der Waals surface area contributed by atoms with Gasteiger partial charge < -0.3 is 9.26 Å². The largest absolute Gasteiger partial charge is 0.426 e. The molecule has 1 fully saturated rings. The predicted octanol–water partition coefficient (Wildman–Crippen LogP) is 3.04. The number of fused-ring (bicyclic) bond motifs is 1. The molecule has 1 N–H and O–H groups in total. The van der Waals surface area contributed by atoms with Crippen molar-refractivity contribution < 1.29 is 35.9 Å². The highest BCUT2D eigenvalue weighted by atomic mass is 31.2. The summed E-state index contributed by atoms with van der Waals surface area (Å²) in [7, 11) is -1.70. The van der Waals surface area contributed by atoms with Gasteiger partial charge in [-0.1, -0.05) is 18.2 Å². The van der Waals surface area contributed by atoms with E-state index in [9.17, 15) is 27.2 Å². The fraction of sp³-hybridized carbons (Fsp3) is 0.412. The van der Waals surface area contributed by atoms with Crippen LogP contribution in [-0.4, -0.2) is 35.4 Å². The number of alkyl halides is 3. The third-order valence-corrected chi connectivity index (χ3v) is 5.26. The fourth-order valence-corrected chi connectivity index (χ4v) is 3.86. The Labute approximate surface area is 168 Å². The number of aromatic amines is 1. The number of nitrogens with zero attached hydrogens (tertiary/aromatic N) is 1. The molecule has 4 atom stereocenters. The molecular weight excluding hydrogens is 435 g/mol. The Morgan fingerprint density at radius 2 is 2.00 bits per heavy atom. The van der Waals surface area contributed by atoms with Crippen LogP contribution < -0.4 is 15.8 Å². The number of hydrogen-bond donors (Lipinski definition) is 1. The molecule has 1 aromatic carbocycles. The number of ether oxygens (including phenoxy) is 1. The first-order chi connectivity index (χ1) is 14.4. The lowest BCUT2D eigenvalue weighted by atomic mass is 10.2. The van der Waals surface area contributed by atoms with Gasteiger partial charge in [-0.15, -0.1) is 0 Å². The van der Waals surface area contributed by atoms with E-state index >= 15 is 0 Å². The Morgan fingerprint density at radius 3 is 2.77 bits per heavy atom. The van der Waals surface area contributed by atoms with Gasteiger partial charge in [-0.2, -0.15) is 4.39 Å². The first kappa shape index (κ1) is 22.4. The first-order valence-electron chi connectivity index (χ1n) is 8.67. The molecule has 2 aliphatic heterocycles. The maximum absolute atomic E-state index is 14.3. The molecule has 0 amide bonds. The van der Waals surface area contributed by atoms with Gasteiger partial charge in [0.15, 0.2) is 0 Å². The van der Waals surface area contributed by atoms with Gasteiger partial charge in [0.2, 0.25) is 12.7 Å². The topological polar surface area (TPSA) is 91.8 Å². The summed E-state index contributed by atoms with van der Waals surface area (Å²) < 4.78 is 69.7. The van der Waals surface area contributed by atoms with Crippen LogP contribution in [0, 0.1) is 5.82 Å². The lowest BCUT2D eigenvalue weighted by molar-refractivity contribution is -0.0339. The fourth-order valence-electron chi connectivity index (χ4n) is 2.82. The second-order valence-electron chi connectivity index (χ2n) is 6.12. The van der Waals surface area contributed by atoms with Crippen LogP contribution >= 0.6 is 8.60 Å². The van der Waals surface area contributed by atoms with Crippen molar-refractivity contribution in [2.24, 2.45) is 0 Å². The number of halogens is 4. The molecule has 4 unspecified atom stereocenters. The molecule has 1 aromatic heterocycles. The van der Waals surface area contributed by atoms with Crippen LogP contribution in [0.15, 0.2) is 40.1 Å². The Morgan fingerprint density at radius 1 is 1.27 bits per heavy atom. The Balaban J connectivity index is 0.000000806. The van der Waals surface area contributed by atoms with Gasteiger partial charge in [0.25, 0.3) is 5.56 Å². The highest BCUT2D eigenvalue weighted by Gasteiger charge is 2.38. The van der Waals surface area contributed by atoms with Gasteiger partial charge in [0.05, 0.1) is 19.4 Å². The monoisotopic (exact) mass is 452 g/mol. The molecule has 2 aromatic rings. The van der Waals surface area contributed by atoms with E-state index in [1.54, 1.807) is 6.07 Å². The van der Waals surface area contributed by atoms with Crippen molar-refractivity contribution in [3.63, 3.8) is 0 Å². The summed E-state index contributed by atoms with van der Waals surface area (Å²) in [5.74, 6) is -0.508. The molecule has 8 nitrogen and oxygen atoms in total. The molecule has 2 aliphatic rings.